The minimum Gasteiger partial charge on any atom is -0.368 e. The highest BCUT2D eigenvalue weighted by atomic mass is 32.1. The Morgan fingerprint density at radius 1 is 1.47 bits per heavy atom. The standard InChI is InChI=1S/C11H15N3S/c1-9(2)13-11-5-6-12-14(11)8-10-4-3-7-15-10/h3-7,9,13H,8H2,1-2H3. The van der Waals surface area contributed by atoms with Crippen LogP contribution in [0, 0.1) is 0 Å². The van der Waals surface area contributed by atoms with Crippen molar-refractivity contribution in [1.29, 1.82) is 0 Å². The molecule has 1 N–H and O–H groups in total. The highest BCUT2D eigenvalue weighted by molar-refractivity contribution is 7.09. The summed E-state index contributed by atoms with van der Waals surface area (Å²) in [6, 6.07) is 6.64. The van der Waals surface area contributed by atoms with Crippen molar-refractivity contribution in [3.05, 3.63) is 34.7 Å². The number of hydrogen-bond acceptors (Lipinski definition) is 3. The smallest absolute Gasteiger partial charge is 0.124 e. The first-order valence-corrected chi connectivity index (χ1v) is 5.94. The first kappa shape index (κ1) is 10.2. The van der Waals surface area contributed by atoms with Gasteiger partial charge in [-0.2, -0.15) is 5.10 Å². The molecule has 0 aromatic carbocycles. The quantitative estimate of drug-likeness (QED) is 0.860. The average molecular weight is 221 g/mol. The average Bonchev–Trinajstić information content (AvgIpc) is 2.78. The molecular weight excluding hydrogens is 206 g/mol. The topological polar surface area (TPSA) is 29.9 Å². The van der Waals surface area contributed by atoms with E-state index in [9.17, 15) is 0 Å². The Hall–Kier alpha value is -1.29. The Kier molecular flexibility index (Phi) is 3.06. The monoisotopic (exact) mass is 221 g/mol. The Balaban J connectivity index is 2.11. The second-order valence-electron chi connectivity index (χ2n) is 3.75. The zero-order chi connectivity index (χ0) is 10.7. The van der Waals surface area contributed by atoms with Crippen molar-refractivity contribution < 1.29 is 0 Å². The van der Waals surface area contributed by atoms with E-state index in [0.717, 1.165) is 12.4 Å². The molecular formula is C11H15N3S. The number of thiophene rings is 1. The summed E-state index contributed by atoms with van der Waals surface area (Å²) in [5.74, 6) is 1.08. The molecule has 15 heavy (non-hydrogen) atoms. The number of rotatable bonds is 4. The number of aromatic nitrogens is 2. The van der Waals surface area contributed by atoms with Crippen molar-refractivity contribution in [2.75, 3.05) is 5.32 Å². The summed E-state index contributed by atoms with van der Waals surface area (Å²) in [6.45, 7) is 5.10. The fourth-order valence-electron chi connectivity index (χ4n) is 1.43. The minimum absolute atomic E-state index is 0.434. The first-order valence-electron chi connectivity index (χ1n) is 5.06. The second kappa shape index (κ2) is 4.49. The zero-order valence-electron chi connectivity index (χ0n) is 8.97. The molecule has 0 aliphatic rings. The Bertz CT molecular complexity index is 403. The van der Waals surface area contributed by atoms with Gasteiger partial charge in [-0.05, 0) is 25.3 Å². The van der Waals surface area contributed by atoms with E-state index in [2.05, 4.69) is 41.8 Å². The van der Waals surface area contributed by atoms with Crippen LogP contribution in [0.4, 0.5) is 5.82 Å². The van der Waals surface area contributed by atoms with E-state index < -0.39 is 0 Å². The molecule has 2 rings (SSSR count). The fraction of sp³-hybridized carbons (Fsp3) is 0.364. The van der Waals surface area contributed by atoms with Gasteiger partial charge in [0.25, 0.3) is 0 Å². The minimum atomic E-state index is 0.434. The second-order valence-corrected chi connectivity index (χ2v) is 4.78. The van der Waals surface area contributed by atoms with Crippen LogP contribution in [0.1, 0.15) is 18.7 Å². The van der Waals surface area contributed by atoms with Crippen molar-refractivity contribution >= 4 is 17.2 Å². The molecule has 0 fully saturated rings. The SMILES string of the molecule is CC(C)Nc1ccnn1Cc1cccs1. The van der Waals surface area contributed by atoms with Gasteiger partial charge < -0.3 is 5.32 Å². The maximum atomic E-state index is 4.30. The molecule has 2 heterocycles. The van der Waals surface area contributed by atoms with E-state index in [1.165, 1.54) is 4.88 Å². The summed E-state index contributed by atoms with van der Waals surface area (Å²) in [7, 11) is 0. The van der Waals surface area contributed by atoms with Crippen LogP contribution < -0.4 is 5.32 Å². The molecule has 0 saturated heterocycles. The molecule has 0 aliphatic heterocycles. The van der Waals surface area contributed by atoms with E-state index in [1.807, 2.05) is 16.9 Å². The van der Waals surface area contributed by atoms with E-state index in [0.29, 0.717) is 6.04 Å². The van der Waals surface area contributed by atoms with Gasteiger partial charge in [0, 0.05) is 17.0 Å². The van der Waals surface area contributed by atoms with Gasteiger partial charge in [0.05, 0.1) is 12.7 Å². The number of hydrogen-bond donors (Lipinski definition) is 1. The van der Waals surface area contributed by atoms with Gasteiger partial charge in [-0.3, -0.25) is 0 Å². The lowest BCUT2D eigenvalue weighted by atomic mass is 10.4. The van der Waals surface area contributed by atoms with Gasteiger partial charge in [-0.1, -0.05) is 6.07 Å². The maximum Gasteiger partial charge on any atom is 0.124 e. The summed E-state index contributed by atoms with van der Waals surface area (Å²) in [4.78, 5) is 1.32. The summed E-state index contributed by atoms with van der Waals surface area (Å²) in [6.07, 6.45) is 1.83. The third-order valence-corrected chi connectivity index (χ3v) is 2.90. The molecule has 80 valence electrons. The first-order chi connectivity index (χ1) is 7.25. The van der Waals surface area contributed by atoms with Crippen LogP contribution in [0.15, 0.2) is 29.8 Å². The molecule has 0 radical (unpaired) electrons. The Morgan fingerprint density at radius 3 is 3.00 bits per heavy atom. The highest BCUT2D eigenvalue weighted by Gasteiger charge is 2.04. The van der Waals surface area contributed by atoms with E-state index in [4.69, 9.17) is 0 Å². The molecule has 0 bridgehead atoms. The molecule has 2 aromatic heterocycles. The van der Waals surface area contributed by atoms with Crippen LogP contribution >= 0.6 is 11.3 Å². The van der Waals surface area contributed by atoms with Crippen molar-refractivity contribution in [1.82, 2.24) is 9.78 Å². The summed E-state index contributed by atoms with van der Waals surface area (Å²) >= 11 is 1.76. The van der Waals surface area contributed by atoms with Crippen LogP contribution in [-0.2, 0) is 6.54 Å². The van der Waals surface area contributed by atoms with Gasteiger partial charge >= 0.3 is 0 Å². The van der Waals surface area contributed by atoms with Crippen molar-refractivity contribution in [2.24, 2.45) is 0 Å². The molecule has 2 aromatic rings. The Labute approximate surface area is 93.7 Å². The van der Waals surface area contributed by atoms with E-state index in [-0.39, 0.29) is 0 Å². The van der Waals surface area contributed by atoms with Crippen molar-refractivity contribution in [3.8, 4) is 0 Å². The van der Waals surface area contributed by atoms with Crippen LogP contribution in [0.25, 0.3) is 0 Å². The third kappa shape index (κ3) is 2.59. The van der Waals surface area contributed by atoms with Gasteiger partial charge in [0.2, 0.25) is 0 Å². The largest absolute Gasteiger partial charge is 0.368 e. The molecule has 0 spiro atoms. The van der Waals surface area contributed by atoms with Gasteiger partial charge in [0.1, 0.15) is 5.82 Å². The summed E-state index contributed by atoms with van der Waals surface area (Å²) in [5.41, 5.74) is 0. The highest BCUT2D eigenvalue weighted by Crippen LogP contribution is 2.14. The fourth-order valence-corrected chi connectivity index (χ4v) is 2.11. The van der Waals surface area contributed by atoms with Crippen LogP contribution in [-0.4, -0.2) is 15.8 Å². The number of anilines is 1. The summed E-state index contributed by atoms with van der Waals surface area (Å²) in [5, 5.41) is 9.77. The maximum absolute atomic E-state index is 4.30. The van der Waals surface area contributed by atoms with Gasteiger partial charge in [0.15, 0.2) is 0 Å². The molecule has 4 heteroatoms. The molecule has 0 saturated carbocycles. The molecule has 0 aliphatic carbocycles. The predicted octanol–water partition coefficient (Wildman–Crippen LogP) is 2.81. The Morgan fingerprint density at radius 2 is 2.33 bits per heavy atom. The molecule has 0 unspecified atom stereocenters. The lowest BCUT2D eigenvalue weighted by Crippen LogP contribution is -2.14. The normalized spacial score (nSPS) is 10.9. The van der Waals surface area contributed by atoms with Crippen LogP contribution in [0.2, 0.25) is 0 Å². The zero-order valence-corrected chi connectivity index (χ0v) is 9.79. The number of nitrogens with zero attached hydrogens (tertiary/aromatic N) is 2. The van der Waals surface area contributed by atoms with E-state index >= 15 is 0 Å². The van der Waals surface area contributed by atoms with Gasteiger partial charge in [-0.15, -0.1) is 11.3 Å². The van der Waals surface area contributed by atoms with Crippen molar-refractivity contribution in [3.63, 3.8) is 0 Å². The predicted molar refractivity (Wildman–Crippen MR) is 64.4 cm³/mol. The third-order valence-electron chi connectivity index (χ3n) is 2.04. The summed E-state index contributed by atoms with van der Waals surface area (Å²) < 4.78 is 1.99. The molecule has 0 amide bonds. The molecule has 3 nitrogen and oxygen atoms in total. The lowest BCUT2D eigenvalue weighted by molar-refractivity contribution is 0.690. The lowest BCUT2D eigenvalue weighted by Gasteiger charge is -2.11. The van der Waals surface area contributed by atoms with Crippen molar-refractivity contribution in [2.45, 2.75) is 26.4 Å². The van der Waals surface area contributed by atoms with E-state index in [1.54, 1.807) is 11.3 Å². The van der Waals surface area contributed by atoms with Gasteiger partial charge in [-0.25, -0.2) is 4.68 Å². The van der Waals surface area contributed by atoms with Crippen LogP contribution in [0.3, 0.4) is 0 Å². The molecule has 0 atom stereocenters. The van der Waals surface area contributed by atoms with Crippen LogP contribution in [0.5, 0.6) is 0 Å². The number of nitrogens with one attached hydrogen (secondary N) is 1.